The van der Waals surface area contributed by atoms with Crippen LogP contribution in [0.5, 0.6) is 34.5 Å². The fourth-order valence-corrected chi connectivity index (χ4v) is 3.67. The van der Waals surface area contributed by atoms with Crippen LogP contribution >= 0.6 is 0 Å². The minimum absolute atomic E-state index is 0.0442. The highest BCUT2D eigenvalue weighted by atomic mass is 16.6. The maximum Gasteiger partial charge on any atom is 0.338 e. The first-order chi connectivity index (χ1) is 16.9. The lowest BCUT2D eigenvalue weighted by molar-refractivity contribution is -0.150. The van der Waals surface area contributed by atoms with Crippen molar-refractivity contribution in [1.29, 1.82) is 0 Å². The Hall–Kier alpha value is -4.35. The quantitative estimate of drug-likeness (QED) is 0.0907. The lowest BCUT2D eigenvalue weighted by Gasteiger charge is -2.34. The molecule has 0 bridgehead atoms. The van der Waals surface area contributed by atoms with Crippen molar-refractivity contribution in [2.45, 2.75) is 31.7 Å². The van der Waals surface area contributed by atoms with Gasteiger partial charge in [0.2, 0.25) is 0 Å². The van der Waals surface area contributed by atoms with Gasteiger partial charge in [-0.2, -0.15) is 0 Å². The summed E-state index contributed by atoms with van der Waals surface area (Å²) in [6.07, 6.45) is -1.58. The minimum Gasteiger partial charge on any atom is -0.509 e. The summed E-state index contributed by atoms with van der Waals surface area (Å²) in [6, 6.07) is 4.45. The van der Waals surface area contributed by atoms with E-state index in [1.807, 2.05) is 0 Å². The normalized spacial score (nSPS) is 18.6. The third kappa shape index (κ3) is 5.65. The zero-order valence-electron chi connectivity index (χ0n) is 19.1. The fourth-order valence-electron chi connectivity index (χ4n) is 3.67. The lowest BCUT2D eigenvalue weighted by Crippen LogP contribution is -2.35. The molecule has 192 valence electrons. The predicted octanol–water partition coefficient (Wildman–Crippen LogP) is 2.10. The van der Waals surface area contributed by atoms with Gasteiger partial charge in [-0.1, -0.05) is 6.58 Å². The van der Waals surface area contributed by atoms with E-state index in [0.29, 0.717) is 0 Å². The lowest BCUT2D eigenvalue weighted by atomic mass is 9.93. The molecule has 0 saturated carbocycles. The molecule has 3 rings (SSSR count). The van der Waals surface area contributed by atoms with Crippen LogP contribution in [0.1, 0.15) is 24.2 Å². The molecule has 2 aromatic rings. The third-order valence-electron chi connectivity index (χ3n) is 5.46. The number of rotatable bonds is 7. The molecule has 36 heavy (non-hydrogen) atoms. The molecule has 0 saturated heterocycles. The molecular formula is C25H26O11. The number of fused-ring (bicyclic) bond motifs is 1. The number of aliphatic hydroxyl groups is 3. The van der Waals surface area contributed by atoms with Crippen molar-refractivity contribution in [1.82, 2.24) is 0 Å². The summed E-state index contributed by atoms with van der Waals surface area (Å²) in [4.78, 5) is 13.1. The summed E-state index contributed by atoms with van der Waals surface area (Å²) in [5.41, 5.74) is 0.0505. The van der Waals surface area contributed by atoms with Crippen LogP contribution in [0.25, 0.3) is 0 Å². The van der Waals surface area contributed by atoms with E-state index in [4.69, 9.17) is 9.47 Å². The standard InChI is InChI=1S/C25H26O11/c1-11(27)3-14(4-15(10-26)12(2)28)25(34)36-22-9-17-18(30)7-16(29)8-21(17)35-24(22)13-5-19(31)23(33)20(32)6-13/h3-8,12,22,24,26-33H,1,9-10H2,2H3/b14-3+,15-4-/t12?,22-,24-/m1/s1. The molecule has 3 atom stereocenters. The van der Waals surface area contributed by atoms with E-state index in [9.17, 15) is 45.6 Å². The maximum atomic E-state index is 13.1. The van der Waals surface area contributed by atoms with Gasteiger partial charge in [0.25, 0.3) is 0 Å². The van der Waals surface area contributed by atoms with Crippen molar-refractivity contribution >= 4 is 5.97 Å². The van der Waals surface area contributed by atoms with Gasteiger partial charge >= 0.3 is 5.97 Å². The average Bonchev–Trinajstić information content (AvgIpc) is 2.79. The number of esters is 1. The van der Waals surface area contributed by atoms with Gasteiger partial charge in [-0.3, -0.25) is 0 Å². The van der Waals surface area contributed by atoms with Crippen LogP contribution < -0.4 is 4.74 Å². The number of carbonyl (C=O) groups is 1. The highest BCUT2D eigenvalue weighted by Gasteiger charge is 2.37. The number of hydrogen-bond acceptors (Lipinski definition) is 11. The van der Waals surface area contributed by atoms with Gasteiger partial charge in [0.05, 0.1) is 18.3 Å². The van der Waals surface area contributed by atoms with Gasteiger partial charge in [-0.05, 0) is 36.8 Å². The van der Waals surface area contributed by atoms with Crippen molar-refractivity contribution in [2.75, 3.05) is 6.61 Å². The first-order valence-corrected chi connectivity index (χ1v) is 10.7. The van der Waals surface area contributed by atoms with E-state index in [2.05, 4.69) is 6.58 Å². The second-order valence-electron chi connectivity index (χ2n) is 8.18. The Morgan fingerprint density at radius 1 is 1.11 bits per heavy atom. The van der Waals surface area contributed by atoms with Crippen LogP contribution in [-0.4, -0.2) is 65.6 Å². The Labute approximate surface area is 205 Å². The number of hydrogen-bond donors (Lipinski definition) is 8. The van der Waals surface area contributed by atoms with Crippen molar-refractivity contribution in [3.05, 3.63) is 71.0 Å². The SMILES string of the molecule is C=C(O)/C=C(\C=C(\CO)C(C)O)C(=O)O[C@@H]1Cc2c(O)cc(O)cc2O[C@@H]1c1cc(O)c(O)c(O)c1. The highest BCUT2D eigenvalue weighted by molar-refractivity contribution is 5.92. The van der Waals surface area contributed by atoms with Gasteiger partial charge in [0, 0.05) is 29.7 Å². The molecule has 1 heterocycles. The number of aliphatic hydroxyl groups excluding tert-OH is 3. The Bertz CT molecular complexity index is 1220. The molecule has 11 nitrogen and oxygen atoms in total. The zero-order valence-corrected chi connectivity index (χ0v) is 19.1. The van der Waals surface area contributed by atoms with Gasteiger partial charge in [-0.25, -0.2) is 4.79 Å². The number of phenolic OH excluding ortho intramolecular Hbond substituents is 5. The van der Waals surface area contributed by atoms with Crippen LogP contribution in [0.15, 0.2) is 59.9 Å². The fraction of sp³-hybridized carbons (Fsp3) is 0.240. The van der Waals surface area contributed by atoms with E-state index in [1.54, 1.807) is 0 Å². The summed E-state index contributed by atoms with van der Waals surface area (Å²) in [5.74, 6) is -4.24. The molecule has 2 aromatic carbocycles. The molecule has 11 heteroatoms. The minimum atomic E-state index is -1.20. The number of aromatic hydroxyl groups is 5. The van der Waals surface area contributed by atoms with Crippen LogP contribution in [0.2, 0.25) is 0 Å². The topological polar surface area (TPSA) is 197 Å². The maximum absolute atomic E-state index is 13.1. The molecule has 1 aliphatic rings. The third-order valence-corrected chi connectivity index (χ3v) is 5.46. The van der Waals surface area contributed by atoms with Gasteiger partial charge in [0.15, 0.2) is 23.4 Å². The molecule has 0 aliphatic carbocycles. The molecule has 0 radical (unpaired) electrons. The molecule has 8 N–H and O–H groups in total. The smallest absolute Gasteiger partial charge is 0.338 e. The monoisotopic (exact) mass is 502 g/mol. The summed E-state index contributed by atoms with van der Waals surface area (Å²) >= 11 is 0. The van der Waals surface area contributed by atoms with Gasteiger partial charge in [0.1, 0.15) is 29.1 Å². The summed E-state index contributed by atoms with van der Waals surface area (Å²) in [7, 11) is 0. The largest absolute Gasteiger partial charge is 0.509 e. The van der Waals surface area contributed by atoms with E-state index >= 15 is 0 Å². The predicted molar refractivity (Wildman–Crippen MR) is 125 cm³/mol. The van der Waals surface area contributed by atoms with E-state index < -0.39 is 53.9 Å². The Balaban J connectivity index is 2.06. The van der Waals surface area contributed by atoms with Gasteiger partial charge < -0.3 is 50.3 Å². The summed E-state index contributed by atoms with van der Waals surface area (Å²) < 4.78 is 11.5. The van der Waals surface area contributed by atoms with Crippen LogP contribution in [-0.2, 0) is 16.0 Å². The van der Waals surface area contributed by atoms with Crippen molar-refractivity contribution in [2.24, 2.45) is 0 Å². The second kappa shape index (κ2) is 10.5. The number of ether oxygens (including phenoxy) is 2. The first-order valence-electron chi connectivity index (χ1n) is 10.7. The molecule has 1 aliphatic heterocycles. The zero-order chi connectivity index (χ0) is 26.7. The first kappa shape index (κ1) is 26.3. The number of carbonyl (C=O) groups excluding carboxylic acids is 1. The van der Waals surface area contributed by atoms with Crippen LogP contribution in [0, 0.1) is 0 Å². The van der Waals surface area contributed by atoms with Crippen molar-refractivity contribution in [3.63, 3.8) is 0 Å². The average molecular weight is 502 g/mol. The number of benzene rings is 2. The number of phenols is 5. The highest BCUT2D eigenvalue weighted by Crippen LogP contribution is 2.45. The molecule has 0 fully saturated rings. The molecule has 1 unspecified atom stereocenters. The van der Waals surface area contributed by atoms with E-state index in [1.165, 1.54) is 13.0 Å². The van der Waals surface area contributed by atoms with Gasteiger partial charge in [-0.15, -0.1) is 0 Å². The van der Waals surface area contributed by atoms with Crippen LogP contribution in [0.3, 0.4) is 0 Å². The summed E-state index contributed by atoms with van der Waals surface area (Å²) in [5, 5.41) is 78.7. The Morgan fingerprint density at radius 3 is 2.31 bits per heavy atom. The molecule has 0 spiro atoms. The Morgan fingerprint density at radius 2 is 1.75 bits per heavy atom. The molecule has 0 amide bonds. The molecule has 0 aromatic heterocycles. The van der Waals surface area contributed by atoms with Crippen molar-refractivity contribution in [3.8, 4) is 34.5 Å². The van der Waals surface area contributed by atoms with Crippen molar-refractivity contribution < 1.29 is 55.1 Å². The Kier molecular flexibility index (Phi) is 7.66. The number of allylic oxidation sites excluding steroid dienone is 1. The van der Waals surface area contributed by atoms with Crippen LogP contribution in [0.4, 0.5) is 0 Å². The summed E-state index contributed by atoms with van der Waals surface area (Å²) in [6.45, 7) is 4.07. The molecular weight excluding hydrogens is 476 g/mol. The van der Waals surface area contributed by atoms with E-state index in [-0.39, 0.29) is 45.9 Å². The van der Waals surface area contributed by atoms with E-state index in [0.717, 1.165) is 30.4 Å². The second-order valence-corrected chi connectivity index (χ2v) is 8.18.